The lowest BCUT2D eigenvalue weighted by atomic mass is 9.93. The van der Waals surface area contributed by atoms with Crippen molar-refractivity contribution in [2.24, 2.45) is 5.41 Å². The second-order valence-corrected chi connectivity index (χ2v) is 7.70. The van der Waals surface area contributed by atoms with Crippen molar-refractivity contribution >= 4 is 23.2 Å². The molecule has 0 spiro atoms. The van der Waals surface area contributed by atoms with Crippen LogP contribution in [0.2, 0.25) is 0 Å². The van der Waals surface area contributed by atoms with E-state index in [0.717, 1.165) is 6.42 Å². The van der Waals surface area contributed by atoms with Gasteiger partial charge in [-0.2, -0.15) is 0 Å². The van der Waals surface area contributed by atoms with Crippen molar-refractivity contribution in [1.82, 2.24) is 0 Å². The van der Waals surface area contributed by atoms with Gasteiger partial charge < -0.3 is 19.7 Å². The van der Waals surface area contributed by atoms with Gasteiger partial charge in [0.05, 0.1) is 23.3 Å². The molecule has 3 rings (SSSR count). The molecule has 0 aromatic heterocycles. The van der Waals surface area contributed by atoms with E-state index in [4.69, 9.17) is 9.47 Å². The lowest BCUT2D eigenvalue weighted by Crippen LogP contribution is -2.42. The number of carbonyl (C=O) groups is 2. The highest BCUT2D eigenvalue weighted by atomic mass is 16.5. The van der Waals surface area contributed by atoms with Crippen molar-refractivity contribution in [2.45, 2.75) is 34.1 Å². The highest BCUT2D eigenvalue weighted by Crippen LogP contribution is 2.38. The van der Waals surface area contributed by atoms with Gasteiger partial charge in [0.1, 0.15) is 18.1 Å². The van der Waals surface area contributed by atoms with E-state index in [0.29, 0.717) is 48.2 Å². The molecule has 1 aliphatic rings. The number of rotatable bonds is 6. The van der Waals surface area contributed by atoms with Crippen LogP contribution in [0.1, 0.15) is 44.5 Å². The number of amides is 2. The average Bonchev–Trinajstić information content (AvgIpc) is 2.79. The smallest absolute Gasteiger partial charge is 0.259 e. The monoisotopic (exact) mass is 396 g/mol. The second kappa shape index (κ2) is 8.55. The van der Waals surface area contributed by atoms with E-state index in [1.165, 1.54) is 0 Å². The Morgan fingerprint density at radius 1 is 1.21 bits per heavy atom. The highest BCUT2D eigenvalue weighted by molar-refractivity contribution is 6.07. The Morgan fingerprint density at radius 3 is 2.69 bits per heavy atom. The van der Waals surface area contributed by atoms with Crippen molar-refractivity contribution in [3.05, 3.63) is 48.0 Å². The quantitative estimate of drug-likeness (QED) is 0.781. The molecule has 1 N–H and O–H groups in total. The van der Waals surface area contributed by atoms with E-state index in [-0.39, 0.29) is 11.8 Å². The SMILES string of the molecule is CCCN1C(=O)C(C)(C)COc2ccc(NC(=O)c3ccccc3OCC)cc21. The van der Waals surface area contributed by atoms with Gasteiger partial charge in [-0.25, -0.2) is 0 Å². The molecule has 154 valence electrons. The molecule has 6 nitrogen and oxygen atoms in total. The van der Waals surface area contributed by atoms with Crippen LogP contribution < -0.4 is 19.7 Å². The Bertz CT molecular complexity index is 908. The summed E-state index contributed by atoms with van der Waals surface area (Å²) in [5.41, 5.74) is 1.12. The van der Waals surface area contributed by atoms with Crippen LogP contribution in [0.3, 0.4) is 0 Å². The largest absolute Gasteiger partial charge is 0.493 e. The third kappa shape index (κ3) is 4.36. The van der Waals surface area contributed by atoms with E-state index in [9.17, 15) is 9.59 Å². The van der Waals surface area contributed by atoms with Gasteiger partial charge in [0, 0.05) is 12.2 Å². The van der Waals surface area contributed by atoms with Gasteiger partial charge in [-0.05, 0) is 57.5 Å². The van der Waals surface area contributed by atoms with E-state index in [1.54, 1.807) is 41.3 Å². The van der Waals surface area contributed by atoms with Crippen molar-refractivity contribution in [2.75, 3.05) is 30.0 Å². The summed E-state index contributed by atoms with van der Waals surface area (Å²) in [7, 11) is 0. The molecule has 0 fully saturated rings. The number of nitrogens with one attached hydrogen (secondary N) is 1. The summed E-state index contributed by atoms with van der Waals surface area (Å²) in [6.45, 7) is 9.05. The molecule has 1 aliphatic heterocycles. The topological polar surface area (TPSA) is 67.9 Å². The molecule has 0 bridgehead atoms. The fourth-order valence-corrected chi connectivity index (χ4v) is 3.30. The molecule has 0 radical (unpaired) electrons. The van der Waals surface area contributed by atoms with Gasteiger partial charge in [-0.15, -0.1) is 0 Å². The standard InChI is InChI=1S/C23H28N2O4/c1-5-13-25-18-14-16(11-12-20(18)29-15-23(3,4)22(25)27)24-21(26)17-9-7-8-10-19(17)28-6-2/h7-12,14H,5-6,13,15H2,1-4H3,(H,24,26). The maximum absolute atomic E-state index is 13.0. The predicted molar refractivity (Wildman–Crippen MR) is 114 cm³/mol. The van der Waals surface area contributed by atoms with Gasteiger partial charge >= 0.3 is 0 Å². The van der Waals surface area contributed by atoms with Crippen molar-refractivity contribution in [3.63, 3.8) is 0 Å². The molecular formula is C23H28N2O4. The molecular weight excluding hydrogens is 368 g/mol. The number of fused-ring (bicyclic) bond motifs is 1. The summed E-state index contributed by atoms with van der Waals surface area (Å²) in [6, 6.07) is 12.5. The fraction of sp³-hybridized carbons (Fsp3) is 0.391. The molecule has 0 atom stereocenters. The third-order valence-electron chi connectivity index (χ3n) is 4.80. The molecule has 2 aromatic rings. The van der Waals surface area contributed by atoms with Crippen molar-refractivity contribution in [3.8, 4) is 11.5 Å². The molecule has 2 amide bonds. The molecule has 0 saturated carbocycles. The van der Waals surface area contributed by atoms with Crippen LogP contribution in [-0.2, 0) is 4.79 Å². The Kier molecular flexibility index (Phi) is 6.11. The number of hydrogen-bond donors (Lipinski definition) is 1. The zero-order valence-electron chi connectivity index (χ0n) is 17.5. The van der Waals surface area contributed by atoms with Crippen LogP contribution in [-0.4, -0.2) is 31.6 Å². The van der Waals surface area contributed by atoms with Crippen molar-refractivity contribution in [1.29, 1.82) is 0 Å². The number of para-hydroxylation sites is 1. The van der Waals surface area contributed by atoms with E-state index in [1.807, 2.05) is 33.8 Å². The Labute approximate surface area is 171 Å². The van der Waals surface area contributed by atoms with Crippen LogP contribution in [0.15, 0.2) is 42.5 Å². The molecule has 2 aromatic carbocycles. The van der Waals surface area contributed by atoms with E-state index in [2.05, 4.69) is 5.32 Å². The van der Waals surface area contributed by atoms with Gasteiger partial charge in [-0.1, -0.05) is 19.1 Å². The maximum Gasteiger partial charge on any atom is 0.259 e. The molecule has 1 heterocycles. The number of hydrogen-bond acceptors (Lipinski definition) is 4. The average molecular weight is 396 g/mol. The number of ether oxygens (including phenoxy) is 2. The van der Waals surface area contributed by atoms with E-state index >= 15 is 0 Å². The Balaban J connectivity index is 1.91. The maximum atomic E-state index is 13.0. The zero-order valence-corrected chi connectivity index (χ0v) is 17.5. The lowest BCUT2D eigenvalue weighted by molar-refractivity contribution is -0.127. The third-order valence-corrected chi connectivity index (χ3v) is 4.80. The second-order valence-electron chi connectivity index (χ2n) is 7.70. The van der Waals surface area contributed by atoms with Crippen LogP contribution in [0.25, 0.3) is 0 Å². The highest BCUT2D eigenvalue weighted by Gasteiger charge is 2.37. The molecule has 0 saturated heterocycles. The van der Waals surface area contributed by atoms with Gasteiger partial charge in [0.15, 0.2) is 0 Å². The number of nitrogens with zero attached hydrogens (tertiary/aromatic N) is 1. The minimum atomic E-state index is -0.617. The molecule has 6 heteroatoms. The van der Waals surface area contributed by atoms with E-state index < -0.39 is 5.41 Å². The Morgan fingerprint density at radius 2 is 1.97 bits per heavy atom. The molecule has 0 unspecified atom stereocenters. The van der Waals surface area contributed by atoms with Gasteiger partial charge in [0.2, 0.25) is 5.91 Å². The zero-order chi connectivity index (χ0) is 21.0. The first-order valence-electron chi connectivity index (χ1n) is 9.99. The summed E-state index contributed by atoms with van der Waals surface area (Å²) in [6.07, 6.45) is 0.819. The molecule has 29 heavy (non-hydrogen) atoms. The van der Waals surface area contributed by atoms with Crippen LogP contribution in [0, 0.1) is 5.41 Å². The summed E-state index contributed by atoms with van der Waals surface area (Å²) in [5.74, 6) is 0.931. The number of benzene rings is 2. The van der Waals surface area contributed by atoms with Crippen LogP contribution in [0.4, 0.5) is 11.4 Å². The lowest BCUT2D eigenvalue weighted by Gasteiger charge is -2.27. The first-order valence-corrected chi connectivity index (χ1v) is 9.99. The fourth-order valence-electron chi connectivity index (χ4n) is 3.30. The predicted octanol–water partition coefficient (Wildman–Crippen LogP) is 4.50. The summed E-state index contributed by atoms with van der Waals surface area (Å²) < 4.78 is 11.5. The first-order chi connectivity index (χ1) is 13.9. The Hall–Kier alpha value is -3.02. The normalized spacial score (nSPS) is 15.2. The molecule has 0 aliphatic carbocycles. The summed E-state index contributed by atoms with van der Waals surface area (Å²) in [4.78, 5) is 27.6. The van der Waals surface area contributed by atoms with Crippen molar-refractivity contribution < 1.29 is 19.1 Å². The minimum Gasteiger partial charge on any atom is -0.493 e. The van der Waals surface area contributed by atoms with Crippen LogP contribution >= 0.6 is 0 Å². The summed E-state index contributed by atoms with van der Waals surface area (Å²) in [5, 5.41) is 2.91. The van der Waals surface area contributed by atoms with Gasteiger partial charge in [0.25, 0.3) is 5.91 Å². The first kappa shape index (κ1) is 20.7. The van der Waals surface area contributed by atoms with Gasteiger partial charge in [-0.3, -0.25) is 9.59 Å². The minimum absolute atomic E-state index is 0.0169. The number of anilines is 2. The van der Waals surface area contributed by atoms with Crippen LogP contribution in [0.5, 0.6) is 11.5 Å². The summed E-state index contributed by atoms with van der Waals surface area (Å²) >= 11 is 0. The number of carbonyl (C=O) groups excluding carboxylic acids is 2.